The van der Waals surface area contributed by atoms with E-state index in [-0.39, 0.29) is 0 Å². The van der Waals surface area contributed by atoms with Crippen molar-refractivity contribution < 1.29 is 0 Å². The first-order valence-electron chi connectivity index (χ1n) is 3.50. The molecule has 1 rings (SSSR count). The van der Waals surface area contributed by atoms with Crippen molar-refractivity contribution in [3.8, 4) is 0 Å². The van der Waals surface area contributed by atoms with Crippen molar-refractivity contribution in [3.63, 3.8) is 0 Å². The molecule has 0 N–H and O–H groups in total. The molecule has 0 radical (unpaired) electrons. The fourth-order valence-corrected chi connectivity index (χ4v) is 1.28. The Balaban J connectivity index is 2.87. The maximum atomic E-state index is 3.42. The Morgan fingerprint density at radius 1 is 1.50 bits per heavy atom. The van der Waals surface area contributed by atoms with Crippen LogP contribution in [-0.2, 0) is 5.33 Å². The van der Waals surface area contributed by atoms with Gasteiger partial charge in [-0.05, 0) is 5.56 Å². The smallest absolute Gasteiger partial charge is 0.0876 e. The molecular weight excluding hydrogens is 187 g/mol. The lowest BCUT2D eigenvalue weighted by Crippen LogP contribution is -2.09. The van der Waals surface area contributed by atoms with Gasteiger partial charge in [0.25, 0.3) is 0 Å². The molecule has 0 heterocycles. The molecule has 0 spiro atoms. The van der Waals surface area contributed by atoms with Crippen LogP contribution >= 0.6 is 15.9 Å². The molecule has 10 heavy (non-hydrogen) atoms. The molecule has 0 aliphatic heterocycles. The van der Waals surface area contributed by atoms with Gasteiger partial charge in [0, 0.05) is 5.33 Å². The van der Waals surface area contributed by atoms with Gasteiger partial charge in [0.05, 0.1) is 0 Å². The van der Waals surface area contributed by atoms with Crippen molar-refractivity contribution in [3.05, 3.63) is 29.8 Å². The van der Waals surface area contributed by atoms with Gasteiger partial charge in [0.1, 0.15) is 0 Å². The number of alkyl halides is 1. The molecule has 0 nitrogen and oxygen atoms in total. The summed E-state index contributed by atoms with van der Waals surface area (Å²) in [6, 6.07) is 8.63. The van der Waals surface area contributed by atoms with Crippen molar-refractivity contribution in [2.24, 2.45) is 0 Å². The lowest BCUT2D eigenvalue weighted by molar-refractivity contribution is 1.45. The van der Waals surface area contributed by atoms with E-state index in [1.54, 1.807) is 0 Å². The summed E-state index contributed by atoms with van der Waals surface area (Å²) in [4.78, 5) is 0. The molecule has 0 saturated carbocycles. The van der Waals surface area contributed by atoms with Gasteiger partial charge in [-0.2, -0.15) is 0 Å². The number of halogens is 1. The Bertz CT molecular complexity index is 191. The van der Waals surface area contributed by atoms with E-state index >= 15 is 0 Å². The zero-order valence-corrected chi connectivity index (χ0v) is 7.69. The summed E-state index contributed by atoms with van der Waals surface area (Å²) in [6.45, 7) is 2.17. The number of rotatable bonds is 2. The highest BCUT2D eigenvalue weighted by molar-refractivity contribution is 9.08. The van der Waals surface area contributed by atoms with Gasteiger partial charge < -0.3 is 0 Å². The number of benzene rings is 1. The zero-order chi connectivity index (χ0) is 7.40. The van der Waals surface area contributed by atoms with E-state index in [1.807, 2.05) is 0 Å². The molecule has 0 bridgehead atoms. The average molecular weight is 197 g/mol. The molecule has 0 aromatic heterocycles. The maximum absolute atomic E-state index is 3.42. The summed E-state index contributed by atoms with van der Waals surface area (Å²) in [5.74, 6) is 0. The monoisotopic (exact) mass is 196 g/mol. The molecule has 0 saturated heterocycles. The van der Waals surface area contributed by atoms with Crippen molar-refractivity contribution in [1.29, 1.82) is 0 Å². The van der Waals surface area contributed by atoms with E-state index in [2.05, 4.69) is 47.0 Å². The Kier molecular flexibility index (Phi) is 3.00. The Hall–Kier alpha value is -0.235. The third-order valence-corrected chi connectivity index (χ3v) is 2.20. The molecule has 2 heteroatoms. The second-order valence-electron chi connectivity index (χ2n) is 2.31. The fraction of sp³-hybridized carbons (Fsp3) is 0.250. The Morgan fingerprint density at radius 2 is 2.30 bits per heavy atom. The third kappa shape index (κ3) is 1.88. The van der Waals surface area contributed by atoms with E-state index < -0.39 is 0 Å². The van der Waals surface area contributed by atoms with Crippen molar-refractivity contribution in [2.45, 2.75) is 12.2 Å². The van der Waals surface area contributed by atoms with Gasteiger partial charge in [-0.25, -0.2) is 0 Å². The molecular formula is C8H10BBr. The van der Waals surface area contributed by atoms with Gasteiger partial charge in [0.2, 0.25) is 0 Å². The van der Waals surface area contributed by atoms with Crippen LogP contribution in [0.2, 0.25) is 6.82 Å². The van der Waals surface area contributed by atoms with Gasteiger partial charge in [-0.15, -0.1) is 0 Å². The highest BCUT2D eigenvalue weighted by Gasteiger charge is 1.91. The molecule has 0 amide bonds. The first-order chi connectivity index (χ1) is 4.86. The van der Waals surface area contributed by atoms with Gasteiger partial charge in [0.15, 0.2) is 7.28 Å². The summed E-state index contributed by atoms with van der Waals surface area (Å²) >= 11 is 3.42. The van der Waals surface area contributed by atoms with Crippen molar-refractivity contribution >= 4 is 28.7 Å². The summed E-state index contributed by atoms with van der Waals surface area (Å²) in [5, 5.41) is 0.959. The van der Waals surface area contributed by atoms with Crippen LogP contribution < -0.4 is 5.46 Å². The molecule has 0 atom stereocenters. The van der Waals surface area contributed by atoms with E-state index in [4.69, 9.17) is 0 Å². The van der Waals surface area contributed by atoms with Crippen LogP contribution in [0.1, 0.15) is 5.56 Å². The van der Waals surface area contributed by atoms with Crippen molar-refractivity contribution in [2.75, 3.05) is 0 Å². The van der Waals surface area contributed by atoms with Crippen LogP contribution in [-0.4, -0.2) is 7.28 Å². The van der Waals surface area contributed by atoms with Gasteiger partial charge in [-0.3, -0.25) is 0 Å². The van der Waals surface area contributed by atoms with Crippen LogP contribution in [0.4, 0.5) is 0 Å². The Labute approximate surface area is 71.0 Å². The number of hydrogen-bond donors (Lipinski definition) is 0. The van der Waals surface area contributed by atoms with Crippen LogP contribution in [0, 0.1) is 0 Å². The highest BCUT2D eigenvalue weighted by atomic mass is 79.9. The fourth-order valence-electron chi connectivity index (χ4n) is 0.933. The normalized spacial score (nSPS) is 9.40. The standard InChI is InChI=1S/C8H10BBr/c1-9-8-4-2-3-7(5-8)6-10/h2-5,9H,6H2,1H3. The lowest BCUT2D eigenvalue weighted by atomic mass is 9.73. The zero-order valence-electron chi connectivity index (χ0n) is 6.10. The highest BCUT2D eigenvalue weighted by Crippen LogP contribution is 2.01. The summed E-state index contributed by atoms with van der Waals surface area (Å²) in [5.41, 5.74) is 2.77. The molecule has 0 aliphatic rings. The molecule has 1 aromatic rings. The summed E-state index contributed by atoms with van der Waals surface area (Å²) in [7, 11) is 1.13. The minimum atomic E-state index is 0.959. The Morgan fingerprint density at radius 3 is 2.90 bits per heavy atom. The third-order valence-electron chi connectivity index (χ3n) is 1.55. The quantitative estimate of drug-likeness (QED) is 0.499. The summed E-state index contributed by atoms with van der Waals surface area (Å²) in [6.07, 6.45) is 0. The second-order valence-corrected chi connectivity index (χ2v) is 2.87. The second kappa shape index (κ2) is 3.82. The predicted octanol–water partition coefficient (Wildman–Crippen LogP) is 1.69. The molecule has 0 fully saturated rings. The molecule has 0 aliphatic carbocycles. The topological polar surface area (TPSA) is 0 Å². The van der Waals surface area contributed by atoms with E-state index in [1.165, 1.54) is 11.0 Å². The van der Waals surface area contributed by atoms with Crippen LogP contribution in [0.3, 0.4) is 0 Å². The number of hydrogen-bond acceptors (Lipinski definition) is 0. The average Bonchev–Trinajstić information content (AvgIpc) is 2.05. The first-order valence-corrected chi connectivity index (χ1v) is 4.62. The molecule has 0 unspecified atom stereocenters. The SMILES string of the molecule is CBc1cccc(CBr)c1. The van der Waals surface area contributed by atoms with E-state index in [0.717, 1.165) is 12.6 Å². The minimum Gasteiger partial charge on any atom is -0.0876 e. The van der Waals surface area contributed by atoms with Crippen LogP contribution in [0.5, 0.6) is 0 Å². The lowest BCUT2D eigenvalue weighted by Gasteiger charge is -1.97. The van der Waals surface area contributed by atoms with Crippen molar-refractivity contribution in [1.82, 2.24) is 0 Å². The van der Waals surface area contributed by atoms with Crippen LogP contribution in [0.25, 0.3) is 0 Å². The molecule has 1 aromatic carbocycles. The van der Waals surface area contributed by atoms with E-state index in [9.17, 15) is 0 Å². The van der Waals surface area contributed by atoms with Gasteiger partial charge in [-0.1, -0.05) is 52.5 Å². The van der Waals surface area contributed by atoms with Gasteiger partial charge >= 0.3 is 0 Å². The van der Waals surface area contributed by atoms with E-state index in [0.29, 0.717) is 0 Å². The van der Waals surface area contributed by atoms with Crippen LogP contribution in [0.15, 0.2) is 24.3 Å². The first kappa shape index (κ1) is 7.87. The minimum absolute atomic E-state index is 0.959. The maximum Gasteiger partial charge on any atom is 0.154 e. The molecule has 52 valence electrons. The largest absolute Gasteiger partial charge is 0.154 e. The predicted molar refractivity (Wildman–Crippen MR) is 51.7 cm³/mol. The summed E-state index contributed by atoms with van der Waals surface area (Å²) < 4.78 is 0.